The molecule has 2 heterocycles. The summed E-state index contributed by atoms with van der Waals surface area (Å²) in [6.07, 6.45) is 0. The monoisotopic (exact) mass is 676 g/mol. The maximum atomic E-state index is 6.35. The van der Waals surface area contributed by atoms with Crippen molar-refractivity contribution in [3.8, 4) is 67.2 Å². The summed E-state index contributed by atoms with van der Waals surface area (Å²) in [6, 6.07) is 68.4. The third-order valence-corrected chi connectivity index (χ3v) is 10.1. The Kier molecular flexibility index (Phi) is 7.47. The van der Waals surface area contributed by atoms with E-state index >= 15 is 0 Å². The molecule has 3 nitrogen and oxygen atoms in total. The molecule has 0 N–H and O–H groups in total. The first-order valence-electron chi connectivity index (χ1n) is 17.9. The van der Waals surface area contributed by atoms with E-state index in [2.05, 4.69) is 158 Å². The fourth-order valence-corrected chi connectivity index (χ4v) is 7.45. The smallest absolute Gasteiger partial charge is 0.180 e. The number of para-hydroxylation sites is 1. The van der Waals surface area contributed by atoms with Crippen molar-refractivity contribution in [2.75, 3.05) is 0 Å². The lowest BCUT2D eigenvalue weighted by Gasteiger charge is -2.14. The first-order valence-corrected chi connectivity index (χ1v) is 17.9. The fraction of sp³-hybridized carbons (Fsp3) is 0. The van der Waals surface area contributed by atoms with Crippen LogP contribution in [0.1, 0.15) is 0 Å². The van der Waals surface area contributed by atoms with Gasteiger partial charge in [-0.1, -0.05) is 152 Å². The van der Waals surface area contributed by atoms with Crippen molar-refractivity contribution >= 4 is 32.8 Å². The standard InChI is InChI=1S/C50H32N2O/c1-3-14-33(15-4-1)40-30-41(32-42(31-40)44-26-13-19-34-16-7-8-24-43(34)44)38-22-11-20-36(28-38)37-21-12-23-39(29-37)50-51-47(35-17-5-2-6-18-35)49-48(52-50)45-25-9-10-27-46(45)53-49/h1-32H. The molecule has 53 heavy (non-hydrogen) atoms. The van der Waals surface area contributed by atoms with Crippen molar-refractivity contribution in [2.24, 2.45) is 0 Å². The van der Waals surface area contributed by atoms with Gasteiger partial charge in [0.2, 0.25) is 0 Å². The molecule has 0 aliphatic rings. The van der Waals surface area contributed by atoms with Crippen molar-refractivity contribution in [3.05, 3.63) is 194 Å². The maximum absolute atomic E-state index is 6.35. The van der Waals surface area contributed by atoms with Crippen molar-refractivity contribution in [1.82, 2.24) is 9.97 Å². The predicted molar refractivity (Wildman–Crippen MR) is 219 cm³/mol. The highest BCUT2D eigenvalue weighted by atomic mass is 16.3. The number of nitrogens with zero attached hydrogens (tertiary/aromatic N) is 2. The van der Waals surface area contributed by atoms with Crippen LogP contribution in [0.5, 0.6) is 0 Å². The molecule has 8 aromatic carbocycles. The molecule has 0 saturated carbocycles. The SMILES string of the molecule is c1ccc(-c2cc(-c3cccc(-c4cccc(-c5nc(-c6ccccc6)c6oc7ccccc7c6n5)c4)c3)cc(-c3cccc4ccccc34)c2)cc1. The lowest BCUT2D eigenvalue weighted by Crippen LogP contribution is -1.94. The van der Waals surface area contributed by atoms with Crippen LogP contribution < -0.4 is 0 Å². The van der Waals surface area contributed by atoms with Crippen LogP contribution in [-0.2, 0) is 0 Å². The number of fused-ring (bicyclic) bond motifs is 4. The van der Waals surface area contributed by atoms with Crippen LogP contribution >= 0.6 is 0 Å². The highest BCUT2D eigenvalue weighted by Crippen LogP contribution is 2.39. The molecule has 0 spiro atoms. The molecular weight excluding hydrogens is 645 g/mol. The zero-order valence-corrected chi connectivity index (χ0v) is 28.8. The van der Waals surface area contributed by atoms with Gasteiger partial charge in [0.15, 0.2) is 11.4 Å². The van der Waals surface area contributed by atoms with Gasteiger partial charge in [-0.25, -0.2) is 9.97 Å². The van der Waals surface area contributed by atoms with Crippen LogP contribution in [0.25, 0.3) is 100.0 Å². The molecule has 2 aromatic heterocycles. The van der Waals surface area contributed by atoms with Crippen LogP contribution in [0.4, 0.5) is 0 Å². The largest absolute Gasteiger partial charge is 0.452 e. The summed E-state index contributed by atoms with van der Waals surface area (Å²) in [4.78, 5) is 10.2. The number of aromatic nitrogens is 2. The first kappa shape index (κ1) is 30.7. The van der Waals surface area contributed by atoms with E-state index in [0.29, 0.717) is 11.4 Å². The third kappa shape index (κ3) is 5.65. The van der Waals surface area contributed by atoms with E-state index in [1.165, 1.54) is 38.6 Å². The van der Waals surface area contributed by atoms with Gasteiger partial charge < -0.3 is 4.42 Å². The molecule has 0 atom stereocenters. The molecule has 248 valence electrons. The number of hydrogen-bond acceptors (Lipinski definition) is 3. The Labute approximate surface area is 307 Å². The maximum Gasteiger partial charge on any atom is 0.180 e. The second-order valence-corrected chi connectivity index (χ2v) is 13.4. The lowest BCUT2D eigenvalue weighted by atomic mass is 9.90. The van der Waals surface area contributed by atoms with E-state index < -0.39 is 0 Å². The second kappa shape index (κ2) is 12.9. The number of rotatable bonds is 6. The van der Waals surface area contributed by atoms with Gasteiger partial charge in [-0.2, -0.15) is 0 Å². The quantitative estimate of drug-likeness (QED) is 0.176. The molecule has 0 amide bonds. The van der Waals surface area contributed by atoms with Crippen LogP contribution in [0, 0.1) is 0 Å². The van der Waals surface area contributed by atoms with E-state index in [4.69, 9.17) is 14.4 Å². The molecule has 10 rings (SSSR count). The van der Waals surface area contributed by atoms with E-state index in [9.17, 15) is 0 Å². The van der Waals surface area contributed by atoms with Crippen LogP contribution in [0.3, 0.4) is 0 Å². The molecule has 10 aromatic rings. The summed E-state index contributed by atoms with van der Waals surface area (Å²) in [5.74, 6) is 0.663. The van der Waals surface area contributed by atoms with Crippen molar-refractivity contribution in [2.45, 2.75) is 0 Å². The summed E-state index contributed by atoms with van der Waals surface area (Å²) in [6.45, 7) is 0. The number of benzene rings is 8. The van der Waals surface area contributed by atoms with E-state index in [1.54, 1.807) is 0 Å². The molecule has 0 radical (unpaired) electrons. The Morgan fingerprint density at radius 2 is 0.849 bits per heavy atom. The second-order valence-electron chi connectivity index (χ2n) is 13.4. The molecule has 0 saturated heterocycles. The minimum atomic E-state index is 0.663. The lowest BCUT2D eigenvalue weighted by molar-refractivity contribution is 0.667. The average molecular weight is 677 g/mol. The Balaban J connectivity index is 1.09. The van der Waals surface area contributed by atoms with Crippen LogP contribution in [0.15, 0.2) is 199 Å². The highest BCUT2D eigenvalue weighted by Gasteiger charge is 2.18. The third-order valence-electron chi connectivity index (χ3n) is 10.1. The molecule has 0 aliphatic carbocycles. The highest BCUT2D eigenvalue weighted by molar-refractivity contribution is 6.07. The van der Waals surface area contributed by atoms with Gasteiger partial charge in [-0.3, -0.25) is 0 Å². The number of furan rings is 1. The summed E-state index contributed by atoms with van der Waals surface area (Å²) in [5, 5.41) is 3.46. The zero-order chi connectivity index (χ0) is 35.1. The summed E-state index contributed by atoms with van der Waals surface area (Å²) in [7, 11) is 0. The topological polar surface area (TPSA) is 38.9 Å². The van der Waals surface area contributed by atoms with Gasteiger partial charge in [-0.05, 0) is 97.7 Å². The van der Waals surface area contributed by atoms with Crippen molar-refractivity contribution < 1.29 is 4.42 Å². The Bertz CT molecular complexity index is 2940. The average Bonchev–Trinajstić information content (AvgIpc) is 3.62. The van der Waals surface area contributed by atoms with Crippen LogP contribution in [0.2, 0.25) is 0 Å². The Hall–Kier alpha value is -7.10. The van der Waals surface area contributed by atoms with Gasteiger partial charge in [0.1, 0.15) is 16.8 Å². The molecule has 3 heteroatoms. The summed E-state index contributed by atoms with van der Waals surface area (Å²) in [5.41, 5.74) is 14.4. The summed E-state index contributed by atoms with van der Waals surface area (Å²) >= 11 is 0. The first-order chi connectivity index (χ1) is 26.2. The predicted octanol–water partition coefficient (Wildman–Crippen LogP) is 13.5. The van der Waals surface area contributed by atoms with Gasteiger partial charge in [-0.15, -0.1) is 0 Å². The normalized spacial score (nSPS) is 11.4. The van der Waals surface area contributed by atoms with Crippen molar-refractivity contribution in [3.63, 3.8) is 0 Å². The van der Waals surface area contributed by atoms with E-state index in [-0.39, 0.29) is 0 Å². The van der Waals surface area contributed by atoms with E-state index in [1.807, 2.05) is 36.4 Å². The molecular formula is C50H32N2O. The fourth-order valence-electron chi connectivity index (χ4n) is 7.45. The zero-order valence-electron chi connectivity index (χ0n) is 28.8. The molecule has 0 aliphatic heterocycles. The Morgan fingerprint density at radius 3 is 1.62 bits per heavy atom. The van der Waals surface area contributed by atoms with Gasteiger partial charge in [0.05, 0.1) is 0 Å². The molecule has 0 unspecified atom stereocenters. The summed E-state index contributed by atoms with van der Waals surface area (Å²) < 4.78 is 6.35. The van der Waals surface area contributed by atoms with Gasteiger partial charge in [0.25, 0.3) is 0 Å². The Morgan fingerprint density at radius 1 is 0.340 bits per heavy atom. The molecule has 0 bridgehead atoms. The minimum absolute atomic E-state index is 0.663. The van der Waals surface area contributed by atoms with Crippen molar-refractivity contribution in [1.29, 1.82) is 0 Å². The number of hydrogen-bond donors (Lipinski definition) is 0. The molecule has 0 fully saturated rings. The van der Waals surface area contributed by atoms with Gasteiger partial charge >= 0.3 is 0 Å². The van der Waals surface area contributed by atoms with E-state index in [0.717, 1.165) is 50.0 Å². The van der Waals surface area contributed by atoms with Crippen LogP contribution in [-0.4, -0.2) is 9.97 Å². The van der Waals surface area contributed by atoms with Gasteiger partial charge in [0, 0.05) is 16.5 Å². The minimum Gasteiger partial charge on any atom is -0.452 e.